The molecule has 4 atom stereocenters. The summed E-state index contributed by atoms with van der Waals surface area (Å²) in [6, 6.07) is 11.9. The fraction of sp³-hybridized carbons (Fsp3) is 0.512. The van der Waals surface area contributed by atoms with Crippen LogP contribution in [0.25, 0.3) is 0 Å². The van der Waals surface area contributed by atoms with E-state index >= 15 is 0 Å². The maximum Gasteiger partial charge on any atom is 0.255 e. The smallest absolute Gasteiger partial charge is 0.255 e. The van der Waals surface area contributed by atoms with Gasteiger partial charge in [0.2, 0.25) is 23.6 Å². The first-order chi connectivity index (χ1) is 26.8. The molecule has 2 heterocycles. The van der Waals surface area contributed by atoms with Crippen LogP contribution in [0, 0.1) is 0 Å². The first-order valence-corrected chi connectivity index (χ1v) is 19.6. The van der Waals surface area contributed by atoms with Gasteiger partial charge in [-0.15, -0.1) is 0 Å². The summed E-state index contributed by atoms with van der Waals surface area (Å²) in [4.78, 5) is 74.2. The molecule has 298 valence electrons. The van der Waals surface area contributed by atoms with Crippen molar-refractivity contribution in [3.63, 3.8) is 0 Å². The van der Waals surface area contributed by atoms with Crippen LogP contribution in [-0.2, 0) is 32.0 Å². The van der Waals surface area contributed by atoms with Crippen molar-refractivity contribution in [2.24, 2.45) is 0 Å². The summed E-state index contributed by atoms with van der Waals surface area (Å²) in [5.74, 6) is -2.31. The molecule has 1 aliphatic heterocycles. The average molecular weight is 760 g/mol. The van der Waals surface area contributed by atoms with Gasteiger partial charge in [-0.05, 0) is 49.8 Å². The molecule has 14 nitrogen and oxygen atoms in total. The van der Waals surface area contributed by atoms with Crippen molar-refractivity contribution in [3.8, 4) is 5.75 Å². The summed E-state index contributed by atoms with van der Waals surface area (Å²) >= 11 is 0. The lowest BCUT2D eigenvalue weighted by molar-refractivity contribution is -0.133. The van der Waals surface area contributed by atoms with Gasteiger partial charge in [0.25, 0.3) is 5.91 Å². The number of carbonyl (C=O) groups is 5. The van der Waals surface area contributed by atoms with E-state index in [9.17, 15) is 29.1 Å². The number of aliphatic hydroxyl groups is 1. The Morgan fingerprint density at radius 1 is 0.782 bits per heavy atom. The number of ether oxygens (including phenoxy) is 1. The molecule has 7 N–H and O–H groups in total. The molecule has 14 heteroatoms. The molecule has 0 saturated heterocycles. The zero-order valence-electron chi connectivity index (χ0n) is 31.8. The quantitative estimate of drug-likeness (QED) is 0.0958. The Morgan fingerprint density at radius 3 is 2.22 bits per heavy atom. The van der Waals surface area contributed by atoms with Crippen LogP contribution in [-0.4, -0.2) is 88.5 Å². The van der Waals surface area contributed by atoms with Crippen molar-refractivity contribution in [3.05, 3.63) is 83.9 Å². The van der Waals surface area contributed by atoms with Crippen LogP contribution < -0.4 is 31.3 Å². The Morgan fingerprint density at radius 2 is 1.47 bits per heavy atom. The third kappa shape index (κ3) is 14.8. The summed E-state index contributed by atoms with van der Waals surface area (Å²) in [6.45, 7) is 1.88. The largest absolute Gasteiger partial charge is 0.491 e. The minimum Gasteiger partial charge on any atom is -0.491 e. The molecule has 55 heavy (non-hydrogen) atoms. The van der Waals surface area contributed by atoms with Gasteiger partial charge in [0.1, 0.15) is 30.5 Å². The molecule has 0 radical (unpaired) electrons. The molecular weight excluding hydrogens is 702 g/mol. The number of unbranched alkanes of at least 4 members (excludes halogenated alkanes) is 7. The van der Waals surface area contributed by atoms with Gasteiger partial charge in [-0.2, -0.15) is 0 Å². The predicted octanol–water partition coefficient (Wildman–Crippen LogP) is 3.26. The number of benzene rings is 2. The molecule has 0 saturated carbocycles. The number of aromatic amines is 1. The van der Waals surface area contributed by atoms with Crippen LogP contribution in [0.3, 0.4) is 0 Å². The molecule has 4 rings (SSSR count). The second-order valence-electron chi connectivity index (χ2n) is 14.0. The summed E-state index contributed by atoms with van der Waals surface area (Å²) in [5.41, 5.74) is 1.62. The van der Waals surface area contributed by atoms with Crippen molar-refractivity contribution in [1.29, 1.82) is 0 Å². The average Bonchev–Trinajstić information content (AvgIpc) is 3.71. The number of hydrogen-bond donors (Lipinski definition) is 7. The number of amides is 5. The number of carbonyl (C=O) groups excluding carboxylic acids is 5. The van der Waals surface area contributed by atoms with Crippen LogP contribution in [0.5, 0.6) is 5.75 Å². The van der Waals surface area contributed by atoms with Gasteiger partial charge in [0.15, 0.2) is 0 Å². The van der Waals surface area contributed by atoms with Crippen molar-refractivity contribution in [2.45, 2.75) is 115 Å². The lowest BCUT2D eigenvalue weighted by atomic mass is 10.0. The lowest BCUT2D eigenvalue weighted by Crippen LogP contribution is -2.59. The molecule has 0 aliphatic carbocycles. The Labute approximate surface area is 323 Å². The van der Waals surface area contributed by atoms with Crippen molar-refractivity contribution in [2.75, 3.05) is 19.8 Å². The molecular formula is C41H57N7O7. The van der Waals surface area contributed by atoms with Crippen LogP contribution in [0.1, 0.15) is 99.2 Å². The first-order valence-electron chi connectivity index (χ1n) is 19.6. The van der Waals surface area contributed by atoms with Gasteiger partial charge in [0.05, 0.1) is 24.5 Å². The second kappa shape index (κ2) is 23.5. The highest BCUT2D eigenvalue weighted by Gasteiger charge is 2.32. The third-order valence-electron chi connectivity index (χ3n) is 9.54. The van der Waals surface area contributed by atoms with Gasteiger partial charge in [-0.3, -0.25) is 24.0 Å². The van der Waals surface area contributed by atoms with Crippen molar-refractivity contribution < 1.29 is 33.8 Å². The normalized spacial score (nSPS) is 19.6. The second-order valence-corrected chi connectivity index (χ2v) is 14.0. The number of hydrogen-bond acceptors (Lipinski definition) is 8. The highest BCUT2D eigenvalue weighted by atomic mass is 16.5. The van der Waals surface area contributed by atoms with Crippen LogP contribution >= 0.6 is 0 Å². The minimum absolute atomic E-state index is 0.00388. The number of imidazole rings is 1. The summed E-state index contributed by atoms with van der Waals surface area (Å²) in [7, 11) is 0. The number of rotatable bonds is 18. The van der Waals surface area contributed by atoms with Gasteiger partial charge in [-0.25, -0.2) is 4.98 Å². The summed E-state index contributed by atoms with van der Waals surface area (Å²) in [5, 5.41) is 24.2. The van der Waals surface area contributed by atoms with E-state index in [1.54, 1.807) is 18.2 Å². The molecule has 0 spiro atoms. The number of aromatic nitrogens is 2. The van der Waals surface area contributed by atoms with E-state index in [1.807, 2.05) is 30.3 Å². The number of H-pyrrole nitrogens is 1. The number of para-hydroxylation sites is 1. The van der Waals surface area contributed by atoms with E-state index in [-0.39, 0.29) is 36.7 Å². The van der Waals surface area contributed by atoms with Gasteiger partial charge in [-0.1, -0.05) is 87.9 Å². The van der Waals surface area contributed by atoms with Crippen molar-refractivity contribution in [1.82, 2.24) is 36.6 Å². The predicted molar refractivity (Wildman–Crippen MR) is 208 cm³/mol. The zero-order chi connectivity index (χ0) is 39.3. The van der Waals surface area contributed by atoms with Crippen LogP contribution in [0.2, 0.25) is 0 Å². The number of aliphatic hydroxyl groups excluding tert-OH is 1. The van der Waals surface area contributed by atoms with Gasteiger partial charge < -0.3 is 41.4 Å². The molecule has 1 aliphatic rings. The molecule has 0 unspecified atom stereocenters. The third-order valence-corrected chi connectivity index (χ3v) is 9.54. The zero-order valence-corrected chi connectivity index (χ0v) is 31.8. The number of fused-ring (bicyclic) bond motifs is 1. The Bertz CT molecular complexity index is 1640. The highest BCUT2D eigenvalue weighted by Crippen LogP contribution is 2.19. The number of nitrogens with zero attached hydrogens (tertiary/aromatic N) is 1. The summed E-state index contributed by atoms with van der Waals surface area (Å²) < 4.78 is 6.14. The molecule has 3 aromatic rings. The fourth-order valence-corrected chi connectivity index (χ4v) is 6.42. The SMILES string of the molecule is CCCCCCCCCC(=O)NCCCC[C@@H]1NC(=O)[C@H](Cc2cnc[nH]2)NC(=O)[C@H](CO)NC(=O)c2ccccc2OC[C@H](Cc2ccccc2)NC1=O. The Balaban J connectivity index is 1.51. The molecule has 5 amide bonds. The molecule has 1 aromatic heterocycles. The molecule has 0 fully saturated rings. The standard InChI is InChI=1S/C41H57N7O7/c1-2-3-4-5-6-7-11-21-37(50)43-22-15-14-19-33-39(52)45-31(23-29-16-9-8-10-17-29)27-55-36-20-13-12-18-32(36)38(51)48-35(26-49)41(54)47-34(40(53)46-33)24-30-25-42-28-44-30/h8-10,12-13,16-18,20,25,28,31,33-35,49H,2-7,11,14-15,19,21-24,26-27H2,1H3,(H,42,44)(H,43,50)(H,45,52)(H,46,53)(H,47,54)(H,48,51)/t31-,33-,34-,35-/m0/s1. The van der Waals surface area contributed by atoms with E-state index < -0.39 is 54.4 Å². The van der Waals surface area contributed by atoms with E-state index in [2.05, 4.69) is 43.5 Å². The van der Waals surface area contributed by atoms with E-state index in [0.717, 1.165) is 24.8 Å². The monoisotopic (exact) mass is 759 g/mol. The maximum absolute atomic E-state index is 14.1. The first kappa shape index (κ1) is 42.5. The molecule has 2 aromatic carbocycles. The summed E-state index contributed by atoms with van der Waals surface area (Å²) in [6.07, 6.45) is 13.1. The fourth-order valence-electron chi connectivity index (χ4n) is 6.42. The highest BCUT2D eigenvalue weighted by molar-refractivity contribution is 6.00. The maximum atomic E-state index is 14.1. The minimum atomic E-state index is -1.39. The van der Waals surface area contributed by atoms with Crippen LogP contribution in [0.4, 0.5) is 0 Å². The lowest BCUT2D eigenvalue weighted by Gasteiger charge is -2.27. The van der Waals surface area contributed by atoms with Gasteiger partial charge in [0, 0.05) is 31.3 Å². The Hall–Kier alpha value is -5.24. The van der Waals surface area contributed by atoms with Crippen LogP contribution in [0.15, 0.2) is 67.1 Å². The van der Waals surface area contributed by atoms with E-state index in [1.165, 1.54) is 44.3 Å². The topological polar surface area (TPSA) is 204 Å². The molecule has 0 bridgehead atoms. The van der Waals surface area contributed by atoms with Crippen molar-refractivity contribution >= 4 is 29.5 Å². The van der Waals surface area contributed by atoms with E-state index in [0.29, 0.717) is 37.9 Å². The van der Waals surface area contributed by atoms with E-state index in [4.69, 9.17) is 4.74 Å². The Kier molecular flexibility index (Phi) is 18.2. The van der Waals surface area contributed by atoms with Gasteiger partial charge >= 0.3 is 0 Å². The number of nitrogens with one attached hydrogen (secondary N) is 6.